The van der Waals surface area contributed by atoms with Crippen LogP contribution in [0.2, 0.25) is 0 Å². The van der Waals surface area contributed by atoms with Crippen molar-refractivity contribution in [3.05, 3.63) is 18.5 Å². The van der Waals surface area contributed by atoms with Gasteiger partial charge in [-0.25, -0.2) is 9.97 Å². The van der Waals surface area contributed by atoms with Gasteiger partial charge in [-0.1, -0.05) is 18.2 Å². The van der Waals surface area contributed by atoms with Gasteiger partial charge in [0.15, 0.2) is 5.16 Å². The van der Waals surface area contributed by atoms with Crippen LogP contribution in [-0.2, 0) is 4.79 Å². The van der Waals surface area contributed by atoms with Crippen LogP contribution in [-0.4, -0.2) is 21.0 Å². The van der Waals surface area contributed by atoms with Gasteiger partial charge in [0.1, 0.15) is 5.78 Å². The molecular weight excluding hydrogens is 196 g/mol. The van der Waals surface area contributed by atoms with Gasteiger partial charge >= 0.3 is 0 Å². The number of hydrogen-bond acceptors (Lipinski definition) is 4. The molecule has 74 valence electrons. The first kappa shape index (κ1) is 9.65. The van der Waals surface area contributed by atoms with Gasteiger partial charge in [0.05, 0.1) is 5.25 Å². The van der Waals surface area contributed by atoms with Crippen LogP contribution in [0.15, 0.2) is 23.6 Å². The van der Waals surface area contributed by atoms with Gasteiger partial charge in [-0.3, -0.25) is 4.79 Å². The molecule has 4 heteroatoms. The Hall–Kier alpha value is -0.900. The van der Waals surface area contributed by atoms with Crippen LogP contribution in [0.5, 0.6) is 0 Å². The van der Waals surface area contributed by atoms with Crippen molar-refractivity contribution in [1.29, 1.82) is 0 Å². The fraction of sp³-hybridized carbons (Fsp3) is 0.500. The summed E-state index contributed by atoms with van der Waals surface area (Å²) in [4.78, 5) is 19.7. The molecule has 1 fully saturated rings. The lowest BCUT2D eigenvalue weighted by Gasteiger charge is -2.18. The first-order chi connectivity index (χ1) is 6.86. The first-order valence-corrected chi connectivity index (χ1v) is 5.70. The maximum atomic E-state index is 11.5. The zero-order chi connectivity index (χ0) is 9.80. The number of rotatable bonds is 2. The molecule has 3 nitrogen and oxygen atoms in total. The van der Waals surface area contributed by atoms with Crippen molar-refractivity contribution in [2.45, 2.75) is 36.1 Å². The first-order valence-electron chi connectivity index (χ1n) is 4.82. The van der Waals surface area contributed by atoms with E-state index >= 15 is 0 Å². The molecule has 0 saturated heterocycles. The summed E-state index contributed by atoms with van der Waals surface area (Å²) in [7, 11) is 0. The predicted octanol–water partition coefficient (Wildman–Crippen LogP) is 2.08. The van der Waals surface area contributed by atoms with Crippen molar-refractivity contribution in [2.24, 2.45) is 0 Å². The van der Waals surface area contributed by atoms with Crippen molar-refractivity contribution < 1.29 is 4.79 Å². The van der Waals surface area contributed by atoms with E-state index in [4.69, 9.17) is 0 Å². The van der Waals surface area contributed by atoms with E-state index < -0.39 is 0 Å². The smallest absolute Gasteiger partial charge is 0.188 e. The van der Waals surface area contributed by atoms with E-state index in [-0.39, 0.29) is 5.25 Å². The lowest BCUT2D eigenvalue weighted by atomic mass is 9.99. The zero-order valence-corrected chi connectivity index (χ0v) is 8.67. The number of hydrogen-bond donors (Lipinski definition) is 0. The Bertz CT molecular complexity index is 315. The molecule has 1 aromatic rings. The number of carbonyl (C=O) groups excluding carboxylic acids is 1. The molecule has 1 saturated carbocycles. The molecule has 14 heavy (non-hydrogen) atoms. The number of Topliss-reactive ketones (excluding diaryl/α,β-unsaturated/α-hetero) is 1. The van der Waals surface area contributed by atoms with Gasteiger partial charge in [-0.15, -0.1) is 0 Å². The van der Waals surface area contributed by atoms with Crippen molar-refractivity contribution in [2.75, 3.05) is 0 Å². The summed E-state index contributed by atoms with van der Waals surface area (Å²) < 4.78 is 0. The topological polar surface area (TPSA) is 42.9 Å². The molecule has 1 aromatic heterocycles. The number of ketones is 1. The lowest BCUT2D eigenvalue weighted by molar-refractivity contribution is -0.119. The average Bonchev–Trinajstić information content (AvgIpc) is 2.23. The summed E-state index contributed by atoms with van der Waals surface area (Å²) in [5, 5.41) is 0.805. The van der Waals surface area contributed by atoms with Gasteiger partial charge < -0.3 is 0 Å². The summed E-state index contributed by atoms with van der Waals surface area (Å²) in [5.41, 5.74) is 0. The summed E-state index contributed by atoms with van der Waals surface area (Å²) in [6.07, 6.45) is 7.32. The van der Waals surface area contributed by atoms with E-state index in [1.54, 1.807) is 18.5 Å². The van der Waals surface area contributed by atoms with Crippen LogP contribution in [0.1, 0.15) is 25.7 Å². The molecule has 0 N–H and O–H groups in total. The van der Waals surface area contributed by atoms with E-state index in [0.717, 1.165) is 25.7 Å². The third kappa shape index (κ3) is 2.32. The second kappa shape index (κ2) is 4.55. The van der Waals surface area contributed by atoms with Gasteiger partial charge in [0.2, 0.25) is 0 Å². The highest BCUT2D eigenvalue weighted by Crippen LogP contribution is 2.28. The molecule has 1 heterocycles. The summed E-state index contributed by atoms with van der Waals surface area (Å²) >= 11 is 1.50. The van der Waals surface area contributed by atoms with Crippen molar-refractivity contribution in [3.8, 4) is 0 Å². The Labute approximate surface area is 87.3 Å². The zero-order valence-electron chi connectivity index (χ0n) is 7.85. The van der Waals surface area contributed by atoms with E-state index in [2.05, 4.69) is 9.97 Å². The van der Waals surface area contributed by atoms with E-state index in [1.165, 1.54) is 11.8 Å². The SMILES string of the molecule is O=C1CCCC[C@H]1Sc1ncccn1. The third-order valence-electron chi connectivity index (χ3n) is 2.29. The number of nitrogens with zero attached hydrogens (tertiary/aromatic N) is 2. The molecule has 1 aliphatic carbocycles. The Morgan fingerprint density at radius 3 is 2.79 bits per heavy atom. The minimum absolute atomic E-state index is 0.0890. The highest BCUT2D eigenvalue weighted by atomic mass is 32.2. The predicted molar refractivity (Wildman–Crippen MR) is 55.2 cm³/mol. The average molecular weight is 208 g/mol. The number of carbonyl (C=O) groups is 1. The van der Waals surface area contributed by atoms with Crippen LogP contribution in [0, 0.1) is 0 Å². The maximum absolute atomic E-state index is 11.5. The van der Waals surface area contributed by atoms with Gasteiger partial charge in [0, 0.05) is 18.8 Å². The molecule has 0 aliphatic heterocycles. The Morgan fingerprint density at radius 2 is 2.07 bits per heavy atom. The summed E-state index contributed by atoms with van der Waals surface area (Å²) in [5.74, 6) is 0.355. The lowest BCUT2D eigenvalue weighted by Crippen LogP contribution is -2.21. The molecule has 1 atom stereocenters. The molecule has 1 aliphatic rings. The van der Waals surface area contributed by atoms with Crippen LogP contribution in [0.4, 0.5) is 0 Å². The normalized spacial score (nSPS) is 22.3. The summed E-state index contributed by atoms with van der Waals surface area (Å²) in [6, 6.07) is 1.78. The van der Waals surface area contributed by atoms with Crippen LogP contribution < -0.4 is 0 Å². The fourth-order valence-electron chi connectivity index (χ4n) is 1.55. The van der Waals surface area contributed by atoms with Crippen molar-refractivity contribution in [3.63, 3.8) is 0 Å². The molecule has 0 unspecified atom stereocenters. The summed E-state index contributed by atoms with van der Waals surface area (Å²) in [6.45, 7) is 0. The third-order valence-corrected chi connectivity index (χ3v) is 3.49. The highest BCUT2D eigenvalue weighted by Gasteiger charge is 2.23. The molecule has 0 radical (unpaired) electrons. The second-order valence-electron chi connectivity index (χ2n) is 3.35. The number of thioether (sulfide) groups is 1. The second-order valence-corrected chi connectivity index (χ2v) is 4.52. The van der Waals surface area contributed by atoms with Gasteiger partial charge in [-0.05, 0) is 18.9 Å². The van der Waals surface area contributed by atoms with Gasteiger partial charge in [0.25, 0.3) is 0 Å². The van der Waals surface area contributed by atoms with Gasteiger partial charge in [-0.2, -0.15) is 0 Å². The minimum atomic E-state index is 0.0890. The van der Waals surface area contributed by atoms with Crippen LogP contribution in [0.25, 0.3) is 0 Å². The van der Waals surface area contributed by atoms with Crippen molar-refractivity contribution in [1.82, 2.24) is 9.97 Å². The quantitative estimate of drug-likeness (QED) is 0.698. The molecule has 0 amide bonds. The maximum Gasteiger partial charge on any atom is 0.188 e. The molecule has 2 rings (SSSR count). The highest BCUT2D eigenvalue weighted by molar-refractivity contribution is 8.00. The van der Waals surface area contributed by atoms with Crippen LogP contribution >= 0.6 is 11.8 Å². The largest absolute Gasteiger partial charge is 0.298 e. The van der Waals surface area contributed by atoms with Crippen LogP contribution in [0.3, 0.4) is 0 Å². The molecule has 0 aromatic carbocycles. The Balaban J connectivity index is 2.00. The van der Waals surface area contributed by atoms with E-state index in [0.29, 0.717) is 10.9 Å². The minimum Gasteiger partial charge on any atom is -0.298 e. The molecular formula is C10H12N2OS. The Kier molecular flexibility index (Phi) is 3.14. The van der Waals surface area contributed by atoms with E-state index in [9.17, 15) is 4.79 Å². The van der Waals surface area contributed by atoms with E-state index in [1.807, 2.05) is 0 Å². The standard InChI is InChI=1S/C10H12N2OS/c13-8-4-1-2-5-9(8)14-10-11-6-3-7-12-10/h3,6-7,9H,1-2,4-5H2/t9-/m1/s1. The monoisotopic (exact) mass is 208 g/mol. The molecule has 0 spiro atoms. The Morgan fingerprint density at radius 1 is 1.29 bits per heavy atom. The number of aromatic nitrogens is 2. The fourth-order valence-corrected chi connectivity index (χ4v) is 2.58. The van der Waals surface area contributed by atoms with Crippen molar-refractivity contribution >= 4 is 17.5 Å². The molecule has 0 bridgehead atoms.